The minimum atomic E-state index is -0.816. The highest BCUT2D eigenvalue weighted by Gasteiger charge is 2.11. The fraction of sp³-hybridized carbons (Fsp3) is 0.500. The number of fused-ring (bicyclic) bond motifs is 1. The Bertz CT molecular complexity index is 680. The molecule has 0 saturated heterocycles. The number of aliphatic carboxylic acids is 1. The van der Waals surface area contributed by atoms with Crippen molar-refractivity contribution in [2.75, 3.05) is 0 Å². The van der Waals surface area contributed by atoms with Gasteiger partial charge in [0.2, 0.25) is 4.96 Å². The van der Waals surface area contributed by atoms with Crippen molar-refractivity contribution in [3.8, 4) is 0 Å². The van der Waals surface area contributed by atoms with Crippen LogP contribution in [0.3, 0.4) is 0 Å². The van der Waals surface area contributed by atoms with Crippen LogP contribution in [0.25, 0.3) is 4.96 Å². The predicted octanol–water partition coefficient (Wildman–Crippen LogP) is 1.81. The van der Waals surface area contributed by atoms with Crippen LogP contribution in [0.2, 0.25) is 0 Å². The Labute approximate surface area is 123 Å². The van der Waals surface area contributed by atoms with Crippen LogP contribution < -0.4 is 5.56 Å². The Morgan fingerprint density at radius 2 is 2.35 bits per heavy atom. The van der Waals surface area contributed by atoms with Crippen LogP contribution in [0.15, 0.2) is 10.9 Å². The van der Waals surface area contributed by atoms with E-state index in [-0.39, 0.29) is 17.2 Å². The SMILES string of the molecule is CCc1nn2c(=O)cc(CSC(C)CC(=O)O)nc2s1. The molecule has 0 spiro atoms. The van der Waals surface area contributed by atoms with Crippen molar-refractivity contribution in [3.05, 3.63) is 27.1 Å². The molecule has 2 aromatic rings. The molecule has 2 heterocycles. The van der Waals surface area contributed by atoms with Gasteiger partial charge in [-0.3, -0.25) is 9.59 Å². The summed E-state index contributed by atoms with van der Waals surface area (Å²) in [5.74, 6) is -0.289. The van der Waals surface area contributed by atoms with Gasteiger partial charge in [-0.1, -0.05) is 25.2 Å². The van der Waals surface area contributed by atoms with Gasteiger partial charge < -0.3 is 5.11 Å². The fourth-order valence-corrected chi connectivity index (χ4v) is 3.37. The summed E-state index contributed by atoms with van der Waals surface area (Å²) in [4.78, 5) is 27.5. The average Bonchev–Trinajstić information content (AvgIpc) is 2.79. The van der Waals surface area contributed by atoms with Gasteiger partial charge in [0, 0.05) is 17.1 Å². The van der Waals surface area contributed by atoms with Crippen LogP contribution in [0.4, 0.5) is 0 Å². The van der Waals surface area contributed by atoms with Gasteiger partial charge in [0.1, 0.15) is 5.01 Å². The zero-order valence-electron chi connectivity index (χ0n) is 11.2. The summed E-state index contributed by atoms with van der Waals surface area (Å²) in [6, 6.07) is 1.46. The van der Waals surface area contributed by atoms with Gasteiger partial charge in [0.05, 0.1) is 12.1 Å². The highest BCUT2D eigenvalue weighted by atomic mass is 32.2. The summed E-state index contributed by atoms with van der Waals surface area (Å²) < 4.78 is 1.32. The second-order valence-corrected chi connectivity index (χ2v) is 6.82. The van der Waals surface area contributed by atoms with E-state index in [0.717, 1.165) is 11.4 Å². The molecule has 0 aliphatic carbocycles. The summed E-state index contributed by atoms with van der Waals surface area (Å²) in [5, 5.41) is 13.7. The van der Waals surface area contributed by atoms with Crippen molar-refractivity contribution in [1.29, 1.82) is 0 Å². The van der Waals surface area contributed by atoms with Gasteiger partial charge in [-0.15, -0.1) is 0 Å². The van der Waals surface area contributed by atoms with Gasteiger partial charge >= 0.3 is 5.97 Å². The number of rotatable bonds is 6. The summed E-state index contributed by atoms with van der Waals surface area (Å²) in [5.41, 5.74) is 0.482. The smallest absolute Gasteiger partial charge is 0.304 e. The van der Waals surface area contributed by atoms with E-state index < -0.39 is 5.97 Å². The molecule has 1 unspecified atom stereocenters. The summed E-state index contributed by atoms with van der Waals surface area (Å²) in [6.07, 6.45) is 0.875. The second kappa shape index (κ2) is 6.36. The standard InChI is InChI=1S/C12H15N3O3S2/c1-3-9-14-15-10(16)5-8(13-12(15)20-9)6-19-7(2)4-11(17)18/h5,7H,3-4,6H2,1-2H3,(H,17,18). The Kier molecular flexibility index (Phi) is 4.77. The minimum Gasteiger partial charge on any atom is -0.481 e. The molecule has 2 aromatic heterocycles. The maximum absolute atomic E-state index is 11.9. The Hall–Kier alpha value is -1.41. The molecule has 6 nitrogen and oxygen atoms in total. The Morgan fingerprint density at radius 3 is 3.00 bits per heavy atom. The lowest BCUT2D eigenvalue weighted by atomic mass is 10.3. The molecule has 0 bridgehead atoms. The number of aryl methyl sites for hydroxylation is 1. The fourth-order valence-electron chi connectivity index (χ4n) is 1.65. The van der Waals surface area contributed by atoms with E-state index in [4.69, 9.17) is 5.11 Å². The highest BCUT2D eigenvalue weighted by molar-refractivity contribution is 7.99. The van der Waals surface area contributed by atoms with Gasteiger partial charge in [0.25, 0.3) is 5.56 Å². The zero-order valence-corrected chi connectivity index (χ0v) is 12.8. The van der Waals surface area contributed by atoms with Crippen LogP contribution in [0, 0.1) is 0 Å². The summed E-state index contributed by atoms with van der Waals surface area (Å²) in [7, 11) is 0. The molecule has 1 N–H and O–H groups in total. The van der Waals surface area contributed by atoms with Crippen LogP contribution in [-0.4, -0.2) is 30.9 Å². The molecule has 8 heteroatoms. The Balaban J connectivity index is 2.15. The quantitative estimate of drug-likeness (QED) is 0.875. The van der Waals surface area contributed by atoms with Crippen molar-refractivity contribution >= 4 is 34.0 Å². The van der Waals surface area contributed by atoms with E-state index in [0.29, 0.717) is 16.4 Å². The number of aromatic nitrogens is 3. The van der Waals surface area contributed by atoms with E-state index in [1.54, 1.807) is 0 Å². The molecule has 0 radical (unpaired) electrons. The van der Waals surface area contributed by atoms with Crippen LogP contribution in [0.1, 0.15) is 31.0 Å². The van der Waals surface area contributed by atoms with Crippen molar-refractivity contribution in [2.24, 2.45) is 0 Å². The van der Waals surface area contributed by atoms with Crippen molar-refractivity contribution in [1.82, 2.24) is 14.6 Å². The summed E-state index contributed by atoms with van der Waals surface area (Å²) >= 11 is 2.89. The normalized spacial score (nSPS) is 12.7. The number of hydrogen-bond acceptors (Lipinski definition) is 6. The molecule has 20 heavy (non-hydrogen) atoms. The highest BCUT2D eigenvalue weighted by Crippen LogP contribution is 2.19. The van der Waals surface area contributed by atoms with Crippen LogP contribution >= 0.6 is 23.1 Å². The van der Waals surface area contributed by atoms with E-state index >= 15 is 0 Å². The van der Waals surface area contributed by atoms with Gasteiger partial charge in [-0.25, -0.2) is 4.98 Å². The Morgan fingerprint density at radius 1 is 1.60 bits per heavy atom. The first-order valence-corrected chi connectivity index (χ1v) is 8.08. The monoisotopic (exact) mass is 313 g/mol. The molecule has 108 valence electrons. The van der Waals surface area contributed by atoms with Gasteiger partial charge in [-0.05, 0) is 6.42 Å². The molecule has 0 aliphatic heterocycles. The largest absolute Gasteiger partial charge is 0.481 e. The van der Waals surface area contributed by atoms with Gasteiger partial charge in [-0.2, -0.15) is 21.4 Å². The molecular formula is C12H15N3O3S2. The third-order valence-corrected chi connectivity index (χ3v) is 4.87. The maximum Gasteiger partial charge on any atom is 0.304 e. The maximum atomic E-state index is 11.9. The number of hydrogen-bond donors (Lipinski definition) is 1. The number of carboxylic acid groups (broad SMARTS) is 1. The van der Waals surface area contributed by atoms with E-state index in [2.05, 4.69) is 10.1 Å². The lowest BCUT2D eigenvalue weighted by molar-refractivity contribution is -0.136. The van der Waals surface area contributed by atoms with E-state index in [9.17, 15) is 9.59 Å². The number of carboxylic acids is 1. The van der Waals surface area contributed by atoms with Crippen molar-refractivity contribution in [3.63, 3.8) is 0 Å². The van der Waals surface area contributed by atoms with Crippen LogP contribution in [0.5, 0.6) is 0 Å². The first-order chi connectivity index (χ1) is 9.49. The van der Waals surface area contributed by atoms with Crippen molar-refractivity contribution in [2.45, 2.75) is 37.7 Å². The van der Waals surface area contributed by atoms with Crippen molar-refractivity contribution < 1.29 is 9.90 Å². The molecular weight excluding hydrogens is 298 g/mol. The molecule has 0 fully saturated rings. The minimum absolute atomic E-state index is 0.0135. The third-order valence-electron chi connectivity index (χ3n) is 2.62. The first-order valence-electron chi connectivity index (χ1n) is 6.21. The third kappa shape index (κ3) is 3.57. The van der Waals surface area contributed by atoms with Gasteiger partial charge in [0.15, 0.2) is 0 Å². The summed E-state index contributed by atoms with van der Waals surface area (Å²) in [6.45, 7) is 3.83. The molecule has 0 amide bonds. The number of nitrogens with zero attached hydrogens (tertiary/aromatic N) is 3. The molecule has 0 aromatic carbocycles. The zero-order chi connectivity index (χ0) is 14.7. The van der Waals surface area contributed by atoms with E-state index in [1.807, 2.05) is 13.8 Å². The van der Waals surface area contributed by atoms with E-state index in [1.165, 1.54) is 33.7 Å². The molecule has 0 aliphatic rings. The molecule has 0 saturated carbocycles. The first kappa shape index (κ1) is 15.0. The second-order valence-electron chi connectivity index (χ2n) is 4.35. The predicted molar refractivity (Wildman–Crippen MR) is 79.5 cm³/mol. The topological polar surface area (TPSA) is 84.6 Å². The average molecular weight is 313 g/mol. The molecule has 1 atom stereocenters. The van der Waals surface area contributed by atoms with Crippen LogP contribution in [-0.2, 0) is 17.0 Å². The number of carbonyl (C=O) groups is 1. The lowest BCUT2D eigenvalue weighted by Gasteiger charge is -2.07. The lowest BCUT2D eigenvalue weighted by Crippen LogP contribution is -2.15. The number of thioether (sulfide) groups is 1. The molecule has 2 rings (SSSR count).